The molecule has 0 aromatic rings. The normalized spacial score (nSPS) is 12.3. The first-order valence-corrected chi connectivity index (χ1v) is 5.92. The summed E-state index contributed by atoms with van der Waals surface area (Å²) in [5.41, 5.74) is 0. The molecule has 0 aliphatic carbocycles. The standard InChI is InChI=1S/C7H19NS/c1-5-8(2)6-7-9(3)4/h9H,5-7H2,1-4H3. The minimum Gasteiger partial charge on any atom is -0.306 e. The second kappa shape index (κ2) is 5.12. The van der Waals surface area contributed by atoms with Gasteiger partial charge in [-0.25, -0.2) is 0 Å². The highest BCUT2D eigenvalue weighted by molar-refractivity contribution is 8.15. The summed E-state index contributed by atoms with van der Waals surface area (Å²) in [5.74, 6) is 1.39. The lowest BCUT2D eigenvalue weighted by Gasteiger charge is -2.16. The van der Waals surface area contributed by atoms with Crippen molar-refractivity contribution in [3.63, 3.8) is 0 Å². The summed E-state index contributed by atoms with van der Waals surface area (Å²) in [4.78, 5) is 2.36. The average Bonchev–Trinajstić information content (AvgIpc) is 1.83. The Bertz CT molecular complexity index is 63.9. The van der Waals surface area contributed by atoms with E-state index in [2.05, 4.69) is 31.4 Å². The van der Waals surface area contributed by atoms with Gasteiger partial charge in [-0.05, 0) is 31.9 Å². The Morgan fingerprint density at radius 2 is 1.89 bits per heavy atom. The number of hydrogen-bond acceptors (Lipinski definition) is 1. The van der Waals surface area contributed by atoms with Crippen molar-refractivity contribution in [3.05, 3.63) is 0 Å². The second-order valence-electron chi connectivity index (χ2n) is 2.70. The third-order valence-electron chi connectivity index (χ3n) is 1.47. The minimum absolute atomic E-state index is 0.320. The quantitative estimate of drug-likeness (QED) is 0.588. The molecule has 0 saturated carbocycles. The molecule has 0 amide bonds. The molecule has 0 saturated heterocycles. The Labute approximate surface area is 61.8 Å². The molecule has 0 aliphatic rings. The lowest BCUT2D eigenvalue weighted by Crippen LogP contribution is -2.21. The van der Waals surface area contributed by atoms with Crippen LogP contribution in [-0.2, 0) is 0 Å². The van der Waals surface area contributed by atoms with Crippen LogP contribution in [0.3, 0.4) is 0 Å². The van der Waals surface area contributed by atoms with Gasteiger partial charge in [-0.3, -0.25) is 10.9 Å². The van der Waals surface area contributed by atoms with Crippen molar-refractivity contribution in [2.75, 3.05) is 38.4 Å². The van der Waals surface area contributed by atoms with Gasteiger partial charge in [-0.2, -0.15) is 0 Å². The molecule has 2 heteroatoms. The number of thiol groups is 1. The largest absolute Gasteiger partial charge is 0.306 e. The molecule has 0 rings (SSSR count). The van der Waals surface area contributed by atoms with Crippen LogP contribution in [0.15, 0.2) is 0 Å². The van der Waals surface area contributed by atoms with Gasteiger partial charge in [0.2, 0.25) is 0 Å². The highest BCUT2D eigenvalue weighted by Crippen LogP contribution is 2.11. The summed E-state index contributed by atoms with van der Waals surface area (Å²) in [6, 6.07) is 0. The van der Waals surface area contributed by atoms with Gasteiger partial charge in [0.15, 0.2) is 0 Å². The Kier molecular flexibility index (Phi) is 5.30. The second-order valence-corrected chi connectivity index (χ2v) is 5.31. The van der Waals surface area contributed by atoms with Gasteiger partial charge >= 0.3 is 0 Å². The van der Waals surface area contributed by atoms with Gasteiger partial charge in [-0.15, -0.1) is 0 Å². The van der Waals surface area contributed by atoms with E-state index in [0.717, 1.165) is 0 Å². The van der Waals surface area contributed by atoms with E-state index in [1.807, 2.05) is 0 Å². The van der Waals surface area contributed by atoms with Crippen LogP contribution in [0.2, 0.25) is 0 Å². The topological polar surface area (TPSA) is 3.24 Å². The van der Waals surface area contributed by atoms with Gasteiger partial charge < -0.3 is 4.90 Å². The first kappa shape index (κ1) is 9.31. The fourth-order valence-electron chi connectivity index (χ4n) is 0.529. The predicted molar refractivity (Wildman–Crippen MR) is 48.9 cm³/mol. The number of nitrogens with zero attached hydrogens (tertiary/aromatic N) is 1. The van der Waals surface area contributed by atoms with Crippen molar-refractivity contribution in [2.24, 2.45) is 0 Å². The Morgan fingerprint density at radius 1 is 1.33 bits per heavy atom. The van der Waals surface area contributed by atoms with E-state index in [-0.39, 0.29) is 0 Å². The molecule has 0 unspecified atom stereocenters. The molecule has 9 heavy (non-hydrogen) atoms. The summed E-state index contributed by atoms with van der Waals surface area (Å²) in [5, 5.41) is 0. The molecule has 0 bridgehead atoms. The third kappa shape index (κ3) is 6.19. The lowest BCUT2D eigenvalue weighted by atomic mass is 10.6. The number of hydrogen-bond donors (Lipinski definition) is 1. The predicted octanol–water partition coefficient (Wildman–Crippen LogP) is 1.20. The molecule has 0 N–H and O–H groups in total. The zero-order chi connectivity index (χ0) is 7.28. The monoisotopic (exact) mass is 149 g/mol. The summed E-state index contributed by atoms with van der Waals surface area (Å²) < 4.78 is 0. The van der Waals surface area contributed by atoms with Gasteiger partial charge in [0.25, 0.3) is 0 Å². The molecule has 0 heterocycles. The molecular weight excluding hydrogens is 130 g/mol. The molecular formula is C7H19NS. The first-order chi connectivity index (χ1) is 4.16. The van der Waals surface area contributed by atoms with Crippen LogP contribution in [0.5, 0.6) is 0 Å². The maximum absolute atomic E-state index is 2.36. The molecule has 0 radical (unpaired) electrons. The molecule has 0 aromatic carbocycles. The fourth-order valence-corrected chi connectivity index (χ4v) is 1.27. The Hall–Kier alpha value is 0.310. The van der Waals surface area contributed by atoms with Crippen LogP contribution < -0.4 is 0 Å². The van der Waals surface area contributed by atoms with E-state index in [1.54, 1.807) is 0 Å². The zero-order valence-electron chi connectivity index (χ0n) is 7.02. The SMILES string of the molecule is CCN(C)CC[SH](C)C. The average molecular weight is 149 g/mol. The van der Waals surface area contributed by atoms with E-state index in [4.69, 9.17) is 0 Å². The highest BCUT2D eigenvalue weighted by atomic mass is 32.2. The van der Waals surface area contributed by atoms with Crippen molar-refractivity contribution >= 4 is 10.9 Å². The fraction of sp³-hybridized carbons (Fsp3) is 1.00. The van der Waals surface area contributed by atoms with Gasteiger partial charge in [-0.1, -0.05) is 6.92 Å². The summed E-state index contributed by atoms with van der Waals surface area (Å²) >= 11 is 0. The molecule has 0 spiro atoms. The van der Waals surface area contributed by atoms with Crippen LogP contribution in [0.1, 0.15) is 6.92 Å². The smallest absolute Gasteiger partial charge is 0.00522 e. The Balaban J connectivity index is 3.06. The molecule has 0 fully saturated rings. The maximum atomic E-state index is 2.36. The zero-order valence-corrected chi connectivity index (χ0v) is 7.91. The Morgan fingerprint density at radius 3 is 2.22 bits per heavy atom. The van der Waals surface area contributed by atoms with Crippen LogP contribution in [0.4, 0.5) is 0 Å². The van der Waals surface area contributed by atoms with Crippen LogP contribution in [0.25, 0.3) is 0 Å². The van der Waals surface area contributed by atoms with Crippen molar-refractivity contribution in [3.8, 4) is 0 Å². The van der Waals surface area contributed by atoms with Crippen molar-refractivity contribution < 1.29 is 0 Å². The molecule has 1 nitrogen and oxygen atoms in total. The molecule has 58 valence electrons. The summed E-state index contributed by atoms with van der Waals surface area (Å²) in [6.07, 6.45) is 4.66. The minimum atomic E-state index is 0.320. The van der Waals surface area contributed by atoms with E-state index in [9.17, 15) is 0 Å². The highest BCUT2D eigenvalue weighted by Gasteiger charge is 1.93. The van der Waals surface area contributed by atoms with Crippen molar-refractivity contribution in [1.29, 1.82) is 0 Å². The van der Waals surface area contributed by atoms with E-state index >= 15 is 0 Å². The number of rotatable bonds is 4. The third-order valence-corrected chi connectivity index (χ3v) is 2.56. The summed E-state index contributed by atoms with van der Waals surface area (Å²) in [6.45, 7) is 4.66. The van der Waals surface area contributed by atoms with Crippen LogP contribution in [0, 0.1) is 0 Å². The molecule has 0 atom stereocenters. The maximum Gasteiger partial charge on any atom is 0.00522 e. The van der Waals surface area contributed by atoms with Crippen molar-refractivity contribution in [1.82, 2.24) is 4.90 Å². The van der Waals surface area contributed by atoms with E-state index < -0.39 is 0 Å². The van der Waals surface area contributed by atoms with Gasteiger partial charge in [0, 0.05) is 6.54 Å². The first-order valence-electron chi connectivity index (χ1n) is 3.50. The van der Waals surface area contributed by atoms with Crippen molar-refractivity contribution in [2.45, 2.75) is 6.92 Å². The van der Waals surface area contributed by atoms with E-state index in [0.29, 0.717) is 10.9 Å². The van der Waals surface area contributed by atoms with Gasteiger partial charge in [0.1, 0.15) is 0 Å². The van der Waals surface area contributed by atoms with E-state index in [1.165, 1.54) is 18.8 Å². The lowest BCUT2D eigenvalue weighted by molar-refractivity contribution is 0.376. The van der Waals surface area contributed by atoms with Crippen LogP contribution >= 0.6 is 10.9 Å². The summed E-state index contributed by atoms with van der Waals surface area (Å²) in [7, 11) is 2.50. The van der Waals surface area contributed by atoms with Gasteiger partial charge in [0.05, 0.1) is 0 Å². The molecule has 0 aliphatic heterocycles. The van der Waals surface area contributed by atoms with Crippen LogP contribution in [-0.4, -0.2) is 43.3 Å². The molecule has 0 aromatic heterocycles.